The third kappa shape index (κ3) is 4.01. The number of Topliss-reactive ketones (excluding diaryl/α,β-unsaturated/α-hetero) is 2. The molecule has 2 aromatic rings. The van der Waals surface area contributed by atoms with Crippen LogP contribution in [0, 0.1) is 5.92 Å². The Morgan fingerprint density at radius 2 is 2.06 bits per heavy atom. The molecule has 1 fully saturated rings. The molecular weight excluding hydrogens is 460 g/mol. The van der Waals surface area contributed by atoms with Gasteiger partial charge in [-0.15, -0.1) is 0 Å². The molecule has 5 rings (SSSR count). The zero-order chi connectivity index (χ0) is 24.0. The van der Waals surface area contributed by atoms with Gasteiger partial charge in [-0.3, -0.25) is 19.2 Å². The van der Waals surface area contributed by atoms with Crippen LogP contribution in [0.5, 0.6) is 5.75 Å². The first-order valence-corrected chi connectivity index (χ1v) is 11.7. The molecule has 176 valence electrons. The molecule has 34 heavy (non-hydrogen) atoms. The molecule has 1 amide bonds. The Bertz CT molecular complexity index is 1360. The summed E-state index contributed by atoms with van der Waals surface area (Å²) in [7, 11) is 0. The monoisotopic (exact) mass is 482 g/mol. The van der Waals surface area contributed by atoms with Gasteiger partial charge in [0.05, 0.1) is 22.5 Å². The molecule has 1 unspecified atom stereocenters. The van der Waals surface area contributed by atoms with Crippen LogP contribution in [-0.4, -0.2) is 46.1 Å². The Morgan fingerprint density at radius 1 is 1.26 bits per heavy atom. The minimum atomic E-state index is -1.43. The van der Waals surface area contributed by atoms with Gasteiger partial charge in [-0.2, -0.15) is 0 Å². The van der Waals surface area contributed by atoms with Crippen molar-refractivity contribution in [3.05, 3.63) is 50.3 Å². The second-order valence-corrected chi connectivity index (χ2v) is 9.48. The number of nitrogens with one attached hydrogen (secondary N) is 2. The van der Waals surface area contributed by atoms with Gasteiger partial charge in [0, 0.05) is 5.39 Å². The van der Waals surface area contributed by atoms with Crippen LogP contribution in [0.15, 0.2) is 38.6 Å². The first-order valence-electron chi connectivity index (χ1n) is 10.9. The average Bonchev–Trinajstić information content (AvgIpc) is 2.75. The molecule has 0 radical (unpaired) electrons. The number of aliphatic imine (C=N–C) groups is 1. The largest absolute Gasteiger partial charge is 0.506 e. The van der Waals surface area contributed by atoms with Crippen LogP contribution < -0.4 is 16.0 Å². The van der Waals surface area contributed by atoms with Gasteiger partial charge in [0.2, 0.25) is 11.7 Å². The number of amides is 1. The SMILES string of the molecule is NC(=O)COC1C(=O)CC2=C(SNC(c3c(O)c4ccc(CC5CCC5)cc4[nH]c3=O)=N2)C1=O. The first-order chi connectivity index (χ1) is 16.3. The maximum atomic E-state index is 12.9. The smallest absolute Gasteiger partial charge is 0.263 e. The Labute approximate surface area is 197 Å². The lowest BCUT2D eigenvalue weighted by Gasteiger charge is -2.26. The number of aromatic hydroxyl groups is 1. The normalized spacial score (nSPS) is 20.6. The van der Waals surface area contributed by atoms with E-state index in [9.17, 15) is 24.3 Å². The van der Waals surface area contributed by atoms with Gasteiger partial charge < -0.3 is 25.3 Å². The maximum absolute atomic E-state index is 12.9. The second kappa shape index (κ2) is 8.73. The Hall–Kier alpha value is -3.44. The van der Waals surface area contributed by atoms with E-state index in [2.05, 4.69) is 14.7 Å². The summed E-state index contributed by atoms with van der Waals surface area (Å²) in [5.74, 6) is -1.52. The van der Waals surface area contributed by atoms with E-state index in [-0.39, 0.29) is 34.2 Å². The third-order valence-electron chi connectivity index (χ3n) is 6.28. The van der Waals surface area contributed by atoms with Gasteiger partial charge >= 0.3 is 0 Å². The predicted octanol–water partition coefficient (Wildman–Crippen LogP) is 1.20. The summed E-state index contributed by atoms with van der Waals surface area (Å²) < 4.78 is 7.88. The number of nitrogens with zero attached hydrogens (tertiary/aromatic N) is 1. The molecule has 0 saturated heterocycles. The molecular formula is C23H22N4O6S. The van der Waals surface area contributed by atoms with Crippen LogP contribution in [0.1, 0.15) is 36.8 Å². The van der Waals surface area contributed by atoms with Crippen LogP contribution >= 0.6 is 11.9 Å². The van der Waals surface area contributed by atoms with Gasteiger partial charge in [-0.05, 0) is 42.0 Å². The van der Waals surface area contributed by atoms with E-state index < -0.39 is 35.7 Å². The van der Waals surface area contributed by atoms with E-state index >= 15 is 0 Å². The number of hydrogen-bond donors (Lipinski definition) is 4. The van der Waals surface area contributed by atoms with Crippen molar-refractivity contribution in [2.24, 2.45) is 16.6 Å². The van der Waals surface area contributed by atoms with Crippen molar-refractivity contribution in [1.82, 2.24) is 9.71 Å². The molecule has 0 spiro atoms. The van der Waals surface area contributed by atoms with Crippen molar-refractivity contribution < 1.29 is 24.2 Å². The highest BCUT2D eigenvalue weighted by Gasteiger charge is 2.40. The molecule has 1 aromatic heterocycles. The number of ether oxygens (including phenoxy) is 1. The number of hydrogen-bond acceptors (Lipinski definition) is 9. The fourth-order valence-corrected chi connectivity index (χ4v) is 5.14. The van der Waals surface area contributed by atoms with E-state index in [1.807, 2.05) is 12.1 Å². The van der Waals surface area contributed by atoms with E-state index in [0.717, 1.165) is 23.9 Å². The molecule has 1 aliphatic heterocycles. The van der Waals surface area contributed by atoms with Crippen molar-refractivity contribution in [2.75, 3.05) is 6.61 Å². The van der Waals surface area contributed by atoms with Crippen LogP contribution in [0.4, 0.5) is 0 Å². The third-order valence-corrected chi connectivity index (χ3v) is 7.22. The van der Waals surface area contributed by atoms with Crippen molar-refractivity contribution in [3.8, 4) is 5.75 Å². The molecule has 2 aliphatic carbocycles. The predicted molar refractivity (Wildman–Crippen MR) is 125 cm³/mol. The van der Waals surface area contributed by atoms with E-state index in [1.54, 1.807) is 6.07 Å². The van der Waals surface area contributed by atoms with Crippen molar-refractivity contribution in [2.45, 2.75) is 38.2 Å². The van der Waals surface area contributed by atoms with Crippen molar-refractivity contribution in [1.29, 1.82) is 0 Å². The summed E-state index contributed by atoms with van der Waals surface area (Å²) in [6.45, 7) is -0.555. The molecule has 2 heterocycles. The zero-order valence-corrected chi connectivity index (χ0v) is 18.9. The van der Waals surface area contributed by atoms with E-state index in [4.69, 9.17) is 10.5 Å². The number of allylic oxidation sites excluding steroid dienone is 1. The number of aromatic amines is 1. The fourth-order valence-electron chi connectivity index (χ4n) is 4.35. The summed E-state index contributed by atoms with van der Waals surface area (Å²) in [5.41, 5.74) is 6.21. The van der Waals surface area contributed by atoms with Gasteiger partial charge in [-0.1, -0.05) is 25.3 Å². The number of amidine groups is 1. The quantitative estimate of drug-likeness (QED) is 0.352. The van der Waals surface area contributed by atoms with Gasteiger partial charge in [0.1, 0.15) is 17.9 Å². The second-order valence-electron chi connectivity index (χ2n) is 8.66. The summed E-state index contributed by atoms with van der Waals surface area (Å²) in [4.78, 5) is 56.2. The fraction of sp³-hybridized carbons (Fsp3) is 0.348. The zero-order valence-electron chi connectivity index (χ0n) is 18.1. The lowest BCUT2D eigenvalue weighted by Crippen LogP contribution is -2.42. The molecule has 3 aliphatic rings. The van der Waals surface area contributed by atoms with E-state index in [0.29, 0.717) is 16.8 Å². The van der Waals surface area contributed by atoms with Crippen molar-refractivity contribution in [3.63, 3.8) is 0 Å². The molecule has 1 saturated carbocycles. The van der Waals surface area contributed by atoms with Crippen LogP contribution in [-0.2, 0) is 25.5 Å². The number of primary amides is 1. The molecule has 5 N–H and O–H groups in total. The number of H-pyrrole nitrogens is 1. The summed E-state index contributed by atoms with van der Waals surface area (Å²) >= 11 is 0.876. The lowest BCUT2D eigenvalue weighted by atomic mass is 9.81. The number of pyridine rings is 1. The minimum Gasteiger partial charge on any atom is -0.506 e. The van der Waals surface area contributed by atoms with Gasteiger partial charge in [0.15, 0.2) is 17.7 Å². The summed E-state index contributed by atoms with van der Waals surface area (Å²) in [6.07, 6.45) is 2.96. The van der Waals surface area contributed by atoms with E-state index in [1.165, 1.54) is 19.3 Å². The number of carbonyl (C=O) groups is 3. The Balaban J connectivity index is 1.47. The van der Waals surface area contributed by atoms with Crippen LogP contribution in [0.3, 0.4) is 0 Å². The number of nitrogens with two attached hydrogens (primary N) is 1. The Kier molecular flexibility index (Phi) is 5.74. The first kappa shape index (κ1) is 22.4. The summed E-state index contributed by atoms with van der Waals surface area (Å²) in [6, 6.07) is 5.60. The number of benzene rings is 1. The molecule has 0 bridgehead atoms. The molecule has 11 heteroatoms. The number of aromatic nitrogens is 1. The minimum absolute atomic E-state index is 0.0417. The van der Waals surface area contributed by atoms with Gasteiger partial charge in [-0.25, -0.2) is 4.99 Å². The van der Waals surface area contributed by atoms with Crippen LogP contribution in [0.25, 0.3) is 10.9 Å². The molecule has 1 atom stereocenters. The Morgan fingerprint density at radius 3 is 2.76 bits per heavy atom. The maximum Gasteiger partial charge on any atom is 0.263 e. The highest BCUT2D eigenvalue weighted by Crippen LogP contribution is 2.35. The van der Waals surface area contributed by atoms with Gasteiger partial charge in [0.25, 0.3) is 5.56 Å². The summed E-state index contributed by atoms with van der Waals surface area (Å²) in [5, 5.41) is 11.4. The average molecular weight is 483 g/mol. The molecule has 10 nitrogen and oxygen atoms in total. The number of ketones is 2. The standard InChI is InChI=1S/C23H22N4O6S/c24-16(29)9-33-20-15(28)8-14-21(19(20)31)34-27-22(25-14)17-18(30)12-5-4-11(6-10-2-1-3-10)7-13(12)26-23(17)32/h4-5,7,10,20H,1-3,6,8-9H2,(H2,24,29)(H,25,27)(H2,26,30,32). The number of carbonyl (C=O) groups excluding carboxylic acids is 3. The highest BCUT2D eigenvalue weighted by atomic mass is 32.2. The number of fused-ring (bicyclic) bond motifs is 1. The molecule has 1 aromatic carbocycles. The number of rotatable bonds is 6. The lowest BCUT2D eigenvalue weighted by molar-refractivity contribution is -0.143. The van der Waals surface area contributed by atoms with Crippen LogP contribution in [0.2, 0.25) is 0 Å². The topological polar surface area (TPSA) is 164 Å². The highest BCUT2D eigenvalue weighted by molar-refractivity contribution is 8.02. The van der Waals surface area contributed by atoms with Crippen molar-refractivity contribution >= 4 is 46.2 Å².